The van der Waals surface area contributed by atoms with Gasteiger partial charge in [0.05, 0.1) is 6.61 Å². The first-order chi connectivity index (χ1) is 8.02. The second-order valence-corrected chi connectivity index (χ2v) is 4.48. The first-order valence-corrected chi connectivity index (χ1v) is 5.99. The fourth-order valence-corrected chi connectivity index (χ4v) is 1.42. The smallest absolute Gasteiger partial charge is 0.162 e. The molecule has 0 aromatic heterocycles. The number of Topliss-reactive ketones (excluding diaryl/α,β-unsaturated/α-hetero) is 1. The van der Waals surface area contributed by atoms with Crippen molar-refractivity contribution in [2.45, 2.75) is 33.6 Å². The predicted octanol–water partition coefficient (Wildman–Crippen LogP) is 3.84. The highest BCUT2D eigenvalue weighted by atomic mass is 19.1. The van der Waals surface area contributed by atoms with E-state index in [1.807, 2.05) is 0 Å². The highest BCUT2D eigenvalue weighted by molar-refractivity contribution is 5.96. The average Bonchev–Trinajstić information content (AvgIpc) is 2.26. The summed E-state index contributed by atoms with van der Waals surface area (Å²) < 4.78 is 18.7. The molecule has 0 amide bonds. The van der Waals surface area contributed by atoms with E-state index in [4.69, 9.17) is 4.74 Å². The Balaban J connectivity index is 2.72. The van der Waals surface area contributed by atoms with Gasteiger partial charge in [0.15, 0.2) is 5.78 Å². The van der Waals surface area contributed by atoms with Crippen LogP contribution in [0.1, 0.15) is 44.0 Å². The van der Waals surface area contributed by atoms with Crippen molar-refractivity contribution >= 4 is 5.78 Å². The monoisotopic (exact) mass is 238 g/mol. The number of ether oxygens (including phenoxy) is 1. The summed E-state index contributed by atoms with van der Waals surface area (Å²) in [5.41, 5.74) is 0.382. The third-order valence-corrected chi connectivity index (χ3v) is 2.48. The molecule has 0 unspecified atom stereocenters. The van der Waals surface area contributed by atoms with E-state index in [2.05, 4.69) is 13.8 Å². The molecule has 0 saturated heterocycles. The molecule has 0 saturated carbocycles. The number of rotatable bonds is 6. The average molecular weight is 238 g/mol. The molecule has 0 spiro atoms. The van der Waals surface area contributed by atoms with Gasteiger partial charge in [-0.3, -0.25) is 4.79 Å². The molecule has 94 valence electrons. The second kappa shape index (κ2) is 6.38. The predicted molar refractivity (Wildman–Crippen MR) is 66.0 cm³/mol. The number of halogens is 1. The van der Waals surface area contributed by atoms with E-state index in [-0.39, 0.29) is 5.78 Å². The molecule has 0 radical (unpaired) electrons. The number of carbonyl (C=O) groups is 1. The molecule has 1 aromatic rings. The van der Waals surface area contributed by atoms with Crippen LogP contribution in [0.15, 0.2) is 18.2 Å². The zero-order valence-electron chi connectivity index (χ0n) is 10.6. The number of benzene rings is 1. The lowest BCUT2D eigenvalue weighted by molar-refractivity contribution is 0.0987. The maximum absolute atomic E-state index is 13.3. The maximum Gasteiger partial charge on any atom is 0.162 e. The van der Waals surface area contributed by atoms with Crippen LogP contribution in [0.25, 0.3) is 0 Å². The Labute approximate surface area is 102 Å². The number of carbonyl (C=O) groups excluding carboxylic acids is 1. The van der Waals surface area contributed by atoms with Gasteiger partial charge in [-0.1, -0.05) is 20.8 Å². The van der Waals surface area contributed by atoms with E-state index in [9.17, 15) is 9.18 Å². The topological polar surface area (TPSA) is 26.3 Å². The number of hydrogen-bond acceptors (Lipinski definition) is 2. The van der Waals surface area contributed by atoms with Crippen LogP contribution in [0.3, 0.4) is 0 Å². The van der Waals surface area contributed by atoms with Crippen molar-refractivity contribution in [1.29, 1.82) is 0 Å². The fraction of sp³-hybridized carbons (Fsp3) is 0.500. The Bertz CT molecular complexity index is 386. The molecule has 0 bridgehead atoms. The number of hydrogen-bond donors (Lipinski definition) is 0. The van der Waals surface area contributed by atoms with Gasteiger partial charge in [-0.2, -0.15) is 0 Å². The van der Waals surface area contributed by atoms with Crippen LogP contribution in [0.2, 0.25) is 0 Å². The van der Waals surface area contributed by atoms with Gasteiger partial charge in [-0.15, -0.1) is 0 Å². The Morgan fingerprint density at radius 1 is 1.35 bits per heavy atom. The highest BCUT2D eigenvalue weighted by Gasteiger charge is 2.08. The molecule has 1 rings (SSSR count). The van der Waals surface area contributed by atoms with Gasteiger partial charge in [0.25, 0.3) is 0 Å². The summed E-state index contributed by atoms with van der Waals surface area (Å²) >= 11 is 0. The summed E-state index contributed by atoms with van der Waals surface area (Å²) in [5, 5.41) is 0. The first kappa shape index (κ1) is 13.7. The molecule has 17 heavy (non-hydrogen) atoms. The Kier molecular flexibility index (Phi) is 5.13. The summed E-state index contributed by atoms with van der Waals surface area (Å²) in [6.07, 6.45) is 1.28. The van der Waals surface area contributed by atoms with E-state index < -0.39 is 5.82 Å². The van der Waals surface area contributed by atoms with Gasteiger partial charge in [0, 0.05) is 18.1 Å². The number of ketones is 1. The van der Waals surface area contributed by atoms with Gasteiger partial charge in [-0.25, -0.2) is 4.39 Å². The van der Waals surface area contributed by atoms with Gasteiger partial charge in [0.2, 0.25) is 0 Å². The van der Waals surface area contributed by atoms with Crippen LogP contribution in [0.4, 0.5) is 4.39 Å². The van der Waals surface area contributed by atoms with Crippen LogP contribution in [-0.4, -0.2) is 12.4 Å². The third-order valence-electron chi connectivity index (χ3n) is 2.48. The molecule has 0 aliphatic heterocycles. The lowest BCUT2D eigenvalue weighted by Gasteiger charge is -2.09. The molecule has 0 heterocycles. The Morgan fingerprint density at radius 3 is 2.65 bits per heavy atom. The molecule has 3 heteroatoms. The largest absolute Gasteiger partial charge is 0.493 e. The molecular weight excluding hydrogens is 219 g/mol. The molecule has 1 aromatic carbocycles. The molecule has 0 aliphatic carbocycles. The molecule has 2 nitrogen and oxygen atoms in total. The lowest BCUT2D eigenvalue weighted by atomic mass is 10.1. The molecule has 0 atom stereocenters. The molecule has 0 fully saturated rings. The molecule has 0 aliphatic rings. The zero-order chi connectivity index (χ0) is 12.8. The SMILES string of the molecule is CCC(=O)c1cc(F)cc(OCCC(C)C)c1. The second-order valence-electron chi connectivity index (χ2n) is 4.48. The zero-order valence-corrected chi connectivity index (χ0v) is 10.6. The van der Waals surface area contributed by atoms with Crippen molar-refractivity contribution < 1.29 is 13.9 Å². The fourth-order valence-electron chi connectivity index (χ4n) is 1.42. The van der Waals surface area contributed by atoms with Crippen LogP contribution in [-0.2, 0) is 0 Å². The standard InChI is InChI=1S/C14H19FO2/c1-4-14(16)11-7-12(15)9-13(8-11)17-6-5-10(2)3/h7-10H,4-6H2,1-3H3. The van der Waals surface area contributed by atoms with Gasteiger partial charge in [-0.05, 0) is 24.5 Å². The van der Waals surface area contributed by atoms with Crippen molar-refractivity contribution in [1.82, 2.24) is 0 Å². The van der Waals surface area contributed by atoms with Crippen molar-refractivity contribution in [2.24, 2.45) is 5.92 Å². The molecule has 0 N–H and O–H groups in total. The van der Waals surface area contributed by atoms with Crippen molar-refractivity contribution in [3.05, 3.63) is 29.6 Å². The van der Waals surface area contributed by atoms with E-state index >= 15 is 0 Å². The van der Waals surface area contributed by atoms with Gasteiger partial charge >= 0.3 is 0 Å². The van der Waals surface area contributed by atoms with Crippen LogP contribution in [0, 0.1) is 11.7 Å². The third kappa shape index (κ3) is 4.55. The normalized spacial score (nSPS) is 10.6. The quantitative estimate of drug-likeness (QED) is 0.704. The van der Waals surface area contributed by atoms with Gasteiger partial charge in [0.1, 0.15) is 11.6 Å². The summed E-state index contributed by atoms with van der Waals surface area (Å²) in [6, 6.07) is 4.17. The van der Waals surface area contributed by atoms with Gasteiger partial charge < -0.3 is 4.74 Å². The summed E-state index contributed by atoms with van der Waals surface area (Å²) in [7, 11) is 0. The van der Waals surface area contributed by atoms with Crippen LogP contribution in [0.5, 0.6) is 5.75 Å². The van der Waals surface area contributed by atoms with Crippen LogP contribution < -0.4 is 4.74 Å². The van der Waals surface area contributed by atoms with E-state index in [0.29, 0.717) is 30.3 Å². The Morgan fingerprint density at radius 2 is 2.06 bits per heavy atom. The van der Waals surface area contributed by atoms with Crippen molar-refractivity contribution in [3.8, 4) is 5.75 Å². The minimum atomic E-state index is -0.427. The first-order valence-electron chi connectivity index (χ1n) is 5.99. The van der Waals surface area contributed by atoms with E-state index in [1.54, 1.807) is 13.0 Å². The molecular formula is C14H19FO2. The lowest BCUT2D eigenvalue weighted by Crippen LogP contribution is -2.03. The maximum atomic E-state index is 13.3. The minimum Gasteiger partial charge on any atom is -0.493 e. The van der Waals surface area contributed by atoms with Crippen molar-refractivity contribution in [3.63, 3.8) is 0 Å². The Hall–Kier alpha value is -1.38. The summed E-state index contributed by atoms with van der Waals surface area (Å²) in [5.74, 6) is 0.477. The highest BCUT2D eigenvalue weighted by Crippen LogP contribution is 2.18. The summed E-state index contributed by atoms with van der Waals surface area (Å²) in [4.78, 5) is 11.5. The van der Waals surface area contributed by atoms with Crippen LogP contribution >= 0.6 is 0 Å². The summed E-state index contributed by atoms with van der Waals surface area (Å²) in [6.45, 7) is 6.50. The minimum absolute atomic E-state index is 0.0711. The van der Waals surface area contributed by atoms with E-state index in [0.717, 1.165) is 6.42 Å². The van der Waals surface area contributed by atoms with E-state index in [1.165, 1.54) is 12.1 Å². The van der Waals surface area contributed by atoms with Crippen molar-refractivity contribution in [2.75, 3.05) is 6.61 Å².